The smallest absolute Gasteiger partial charge is 0.324 e. The fraction of sp³-hybridized carbons (Fsp3) is 0.278. The molecule has 0 saturated carbocycles. The molecule has 0 aromatic heterocycles. The van der Waals surface area contributed by atoms with Crippen LogP contribution in [0.5, 0.6) is 0 Å². The van der Waals surface area contributed by atoms with Gasteiger partial charge in [0.1, 0.15) is 12.4 Å². The summed E-state index contributed by atoms with van der Waals surface area (Å²) >= 11 is 0. The van der Waals surface area contributed by atoms with Gasteiger partial charge in [-0.2, -0.15) is 13.2 Å². The lowest BCUT2D eigenvalue weighted by Gasteiger charge is -2.21. The van der Waals surface area contributed by atoms with Crippen molar-refractivity contribution >= 4 is 11.6 Å². The SMILES string of the molecule is C[C@@H](C(=O)Nc1ccc(C(F)(F)F)cc1)[NH+](C)Cc1ccc(F)cc1. The molecule has 0 fully saturated rings. The van der Waals surface area contributed by atoms with Crippen LogP contribution in [0, 0.1) is 5.82 Å². The van der Waals surface area contributed by atoms with E-state index in [1.54, 1.807) is 19.1 Å². The molecule has 3 nitrogen and oxygen atoms in total. The van der Waals surface area contributed by atoms with E-state index in [4.69, 9.17) is 0 Å². The summed E-state index contributed by atoms with van der Waals surface area (Å²) in [7, 11) is 1.82. The van der Waals surface area contributed by atoms with Gasteiger partial charge in [0.05, 0.1) is 12.6 Å². The Bertz CT molecular complexity index is 711. The number of quaternary nitrogens is 1. The summed E-state index contributed by atoms with van der Waals surface area (Å²) < 4.78 is 50.5. The fourth-order valence-electron chi connectivity index (χ4n) is 2.29. The van der Waals surface area contributed by atoms with Crippen molar-refractivity contribution in [2.75, 3.05) is 12.4 Å². The Morgan fingerprint density at radius 3 is 2.16 bits per heavy atom. The van der Waals surface area contributed by atoms with Crippen LogP contribution in [0.1, 0.15) is 18.1 Å². The molecule has 0 spiro atoms. The molecule has 0 aliphatic carbocycles. The number of alkyl halides is 3. The number of nitrogens with one attached hydrogen (secondary N) is 2. The highest BCUT2D eigenvalue weighted by molar-refractivity contribution is 5.93. The molecule has 0 aliphatic heterocycles. The highest BCUT2D eigenvalue weighted by Crippen LogP contribution is 2.29. The van der Waals surface area contributed by atoms with Crippen LogP contribution >= 0.6 is 0 Å². The first kappa shape index (κ1) is 18.9. The van der Waals surface area contributed by atoms with E-state index in [9.17, 15) is 22.4 Å². The van der Waals surface area contributed by atoms with Crippen molar-refractivity contribution in [2.45, 2.75) is 25.7 Å². The second kappa shape index (κ2) is 7.65. The number of amides is 1. The van der Waals surface area contributed by atoms with Crippen LogP contribution in [0.15, 0.2) is 48.5 Å². The molecule has 2 rings (SSSR count). The minimum atomic E-state index is -4.41. The highest BCUT2D eigenvalue weighted by atomic mass is 19.4. The van der Waals surface area contributed by atoms with Crippen LogP contribution in [-0.2, 0) is 17.5 Å². The molecule has 0 aliphatic rings. The predicted octanol–water partition coefficient (Wildman–Crippen LogP) is 2.89. The zero-order chi connectivity index (χ0) is 18.6. The molecular weight excluding hydrogens is 336 g/mol. The van der Waals surface area contributed by atoms with Crippen LogP contribution < -0.4 is 10.2 Å². The Kier molecular flexibility index (Phi) is 5.79. The van der Waals surface area contributed by atoms with Crippen LogP contribution in [0.25, 0.3) is 0 Å². The maximum atomic E-state index is 12.9. The van der Waals surface area contributed by atoms with Gasteiger partial charge in [-0.05, 0) is 43.3 Å². The van der Waals surface area contributed by atoms with Gasteiger partial charge >= 0.3 is 6.18 Å². The standard InChI is InChI=1S/C18H18F4N2O/c1-12(24(2)11-13-3-7-15(19)8-4-13)17(25)23-16-9-5-14(6-10-16)18(20,21)22/h3-10,12H,11H2,1-2H3,(H,23,25)/p+1/t12-/m0/s1. The number of carbonyl (C=O) groups is 1. The first-order valence-electron chi connectivity index (χ1n) is 7.71. The molecule has 2 N–H and O–H groups in total. The zero-order valence-electron chi connectivity index (χ0n) is 13.8. The first-order valence-corrected chi connectivity index (χ1v) is 7.71. The van der Waals surface area contributed by atoms with E-state index in [1.807, 2.05) is 7.05 Å². The fourth-order valence-corrected chi connectivity index (χ4v) is 2.29. The molecule has 0 bridgehead atoms. The lowest BCUT2D eigenvalue weighted by molar-refractivity contribution is -0.907. The maximum absolute atomic E-state index is 12.9. The van der Waals surface area contributed by atoms with E-state index in [1.165, 1.54) is 24.3 Å². The van der Waals surface area contributed by atoms with Crippen molar-refractivity contribution in [3.05, 3.63) is 65.5 Å². The molecule has 2 aromatic rings. The van der Waals surface area contributed by atoms with Gasteiger partial charge < -0.3 is 10.2 Å². The average Bonchev–Trinajstić information content (AvgIpc) is 2.55. The normalized spacial score (nSPS) is 14.0. The third-order valence-electron chi connectivity index (χ3n) is 4.01. The van der Waals surface area contributed by atoms with Crippen molar-refractivity contribution in [3.63, 3.8) is 0 Å². The minimum Gasteiger partial charge on any atom is -0.324 e. The van der Waals surface area contributed by atoms with Crippen molar-refractivity contribution in [2.24, 2.45) is 0 Å². The van der Waals surface area contributed by atoms with E-state index < -0.39 is 17.8 Å². The second-order valence-electron chi connectivity index (χ2n) is 5.94. The molecule has 2 aromatic carbocycles. The number of likely N-dealkylation sites (N-methyl/N-ethyl adjacent to an activating group) is 1. The van der Waals surface area contributed by atoms with Gasteiger partial charge in [0.2, 0.25) is 0 Å². The lowest BCUT2D eigenvalue weighted by atomic mass is 10.1. The molecule has 1 unspecified atom stereocenters. The summed E-state index contributed by atoms with van der Waals surface area (Å²) in [5.41, 5.74) is 0.421. The van der Waals surface area contributed by atoms with E-state index in [0.717, 1.165) is 22.6 Å². The summed E-state index contributed by atoms with van der Waals surface area (Å²) in [4.78, 5) is 13.1. The molecule has 0 heterocycles. The van der Waals surface area contributed by atoms with Crippen LogP contribution in [-0.4, -0.2) is 19.0 Å². The maximum Gasteiger partial charge on any atom is 0.416 e. The quantitative estimate of drug-likeness (QED) is 0.795. The van der Waals surface area contributed by atoms with Gasteiger partial charge in [0.15, 0.2) is 6.04 Å². The molecule has 1 amide bonds. The number of halogens is 4. The Balaban J connectivity index is 1.96. The van der Waals surface area contributed by atoms with Gasteiger partial charge in [-0.15, -0.1) is 0 Å². The molecule has 0 radical (unpaired) electrons. The summed E-state index contributed by atoms with van der Waals surface area (Å²) in [6, 6.07) is 9.88. The van der Waals surface area contributed by atoms with Gasteiger partial charge in [0, 0.05) is 11.3 Å². The van der Waals surface area contributed by atoms with Crippen molar-refractivity contribution < 1.29 is 27.3 Å². The number of anilines is 1. The third-order valence-corrected chi connectivity index (χ3v) is 4.01. The van der Waals surface area contributed by atoms with Crippen molar-refractivity contribution in [1.29, 1.82) is 0 Å². The Morgan fingerprint density at radius 2 is 1.64 bits per heavy atom. The summed E-state index contributed by atoms with van der Waals surface area (Å²) in [6.07, 6.45) is -4.41. The first-order chi connectivity index (χ1) is 11.7. The molecule has 134 valence electrons. The van der Waals surface area contributed by atoms with Gasteiger partial charge in [-0.1, -0.05) is 12.1 Å². The number of hydrogen-bond acceptors (Lipinski definition) is 1. The predicted molar refractivity (Wildman–Crippen MR) is 86.5 cm³/mol. The molecule has 25 heavy (non-hydrogen) atoms. The van der Waals surface area contributed by atoms with E-state index in [2.05, 4.69) is 5.32 Å². The zero-order valence-corrected chi connectivity index (χ0v) is 13.8. The molecular formula is C18H19F4N2O+. The number of rotatable bonds is 5. The topological polar surface area (TPSA) is 33.5 Å². The lowest BCUT2D eigenvalue weighted by Crippen LogP contribution is -3.12. The Labute approximate surface area is 143 Å². The summed E-state index contributed by atoms with van der Waals surface area (Å²) in [5, 5.41) is 2.61. The third kappa shape index (κ3) is 5.29. The Hall–Kier alpha value is -2.41. The monoisotopic (exact) mass is 355 g/mol. The molecule has 7 heteroatoms. The number of hydrogen-bond donors (Lipinski definition) is 2. The van der Waals surface area contributed by atoms with Crippen molar-refractivity contribution in [3.8, 4) is 0 Å². The second-order valence-corrected chi connectivity index (χ2v) is 5.94. The van der Waals surface area contributed by atoms with Gasteiger partial charge in [-0.25, -0.2) is 4.39 Å². The van der Waals surface area contributed by atoms with E-state index >= 15 is 0 Å². The largest absolute Gasteiger partial charge is 0.416 e. The van der Waals surface area contributed by atoms with E-state index in [0.29, 0.717) is 12.2 Å². The van der Waals surface area contributed by atoms with Crippen LogP contribution in [0.2, 0.25) is 0 Å². The van der Waals surface area contributed by atoms with E-state index in [-0.39, 0.29) is 11.7 Å². The summed E-state index contributed by atoms with van der Waals surface area (Å²) in [5.74, 6) is -0.631. The Morgan fingerprint density at radius 1 is 1.08 bits per heavy atom. The minimum absolute atomic E-state index is 0.305. The molecule has 2 atom stereocenters. The number of carbonyl (C=O) groups excluding carboxylic acids is 1. The van der Waals surface area contributed by atoms with Gasteiger partial charge in [-0.3, -0.25) is 4.79 Å². The summed E-state index contributed by atoms with van der Waals surface area (Å²) in [6.45, 7) is 2.24. The highest BCUT2D eigenvalue weighted by Gasteiger charge is 2.30. The number of benzene rings is 2. The van der Waals surface area contributed by atoms with Crippen molar-refractivity contribution in [1.82, 2.24) is 0 Å². The van der Waals surface area contributed by atoms with Crippen LogP contribution in [0.3, 0.4) is 0 Å². The molecule has 0 saturated heterocycles. The average molecular weight is 355 g/mol. The van der Waals surface area contributed by atoms with Gasteiger partial charge in [0.25, 0.3) is 5.91 Å². The van der Waals surface area contributed by atoms with Crippen LogP contribution in [0.4, 0.5) is 23.2 Å².